The molecule has 1 N–H and O–H groups in total. The molecule has 0 saturated carbocycles. The largest absolute Gasteiger partial charge is 0.385 e. The van der Waals surface area contributed by atoms with E-state index in [-0.39, 0.29) is 10.8 Å². The summed E-state index contributed by atoms with van der Waals surface area (Å²) in [5.41, 5.74) is 2.78. The molecular formula is C22H28N2O4S. The van der Waals surface area contributed by atoms with Crippen molar-refractivity contribution in [1.82, 2.24) is 5.32 Å². The molecule has 0 unspecified atom stereocenters. The molecular weight excluding hydrogens is 388 g/mol. The minimum atomic E-state index is -3.60. The molecule has 1 aliphatic rings. The maximum absolute atomic E-state index is 13.2. The van der Waals surface area contributed by atoms with Crippen LogP contribution in [0.2, 0.25) is 0 Å². The van der Waals surface area contributed by atoms with Crippen LogP contribution in [0, 0.1) is 0 Å². The molecule has 29 heavy (non-hydrogen) atoms. The van der Waals surface area contributed by atoms with Gasteiger partial charge in [-0.15, -0.1) is 0 Å². The number of carbonyl (C=O) groups is 1. The Morgan fingerprint density at radius 2 is 1.90 bits per heavy atom. The van der Waals surface area contributed by atoms with Crippen LogP contribution in [0.4, 0.5) is 5.69 Å². The van der Waals surface area contributed by atoms with Crippen molar-refractivity contribution in [2.45, 2.75) is 37.0 Å². The molecule has 0 spiro atoms. The molecule has 1 heterocycles. The number of amides is 1. The lowest BCUT2D eigenvalue weighted by molar-refractivity contribution is -0.121. The van der Waals surface area contributed by atoms with Crippen LogP contribution in [0.25, 0.3) is 0 Å². The number of rotatable bonds is 9. The van der Waals surface area contributed by atoms with Crippen LogP contribution < -0.4 is 9.62 Å². The minimum Gasteiger partial charge on any atom is -0.385 e. The van der Waals surface area contributed by atoms with Gasteiger partial charge in [0.1, 0.15) is 0 Å². The smallest absolute Gasteiger partial charge is 0.264 e. The second-order valence-electron chi connectivity index (χ2n) is 7.15. The number of para-hydroxylation sites is 1. The van der Waals surface area contributed by atoms with Gasteiger partial charge in [-0.1, -0.05) is 30.3 Å². The van der Waals surface area contributed by atoms with E-state index in [9.17, 15) is 13.2 Å². The summed E-state index contributed by atoms with van der Waals surface area (Å²) in [5.74, 6) is -0.0114. The van der Waals surface area contributed by atoms with E-state index in [0.717, 1.165) is 36.1 Å². The highest BCUT2D eigenvalue weighted by Crippen LogP contribution is 2.31. The number of ether oxygens (including phenoxy) is 1. The lowest BCUT2D eigenvalue weighted by atomic mass is 10.0. The molecule has 0 aliphatic carbocycles. The number of aryl methyl sites for hydroxylation is 2. The van der Waals surface area contributed by atoms with Gasteiger partial charge >= 0.3 is 0 Å². The van der Waals surface area contributed by atoms with Gasteiger partial charge in [-0.2, -0.15) is 0 Å². The molecule has 0 atom stereocenters. The van der Waals surface area contributed by atoms with Gasteiger partial charge in [0.15, 0.2) is 0 Å². The summed E-state index contributed by atoms with van der Waals surface area (Å²) in [6.45, 7) is 1.71. The Balaban J connectivity index is 1.62. The van der Waals surface area contributed by atoms with Crippen molar-refractivity contribution in [2.24, 2.45) is 0 Å². The number of methoxy groups -OCH3 is 1. The number of hydrogen-bond donors (Lipinski definition) is 1. The Labute approximate surface area is 172 Å². The Hall–Kier alpha value is -2.38. The topological polar surface area (TPSA) is 75.7 Å². The maximum Gasteiger partial charge on any atom is 0.264 e. The van der Waals surface area contributed by atoms with E-state index in [1.165, 1.54) is 4.31 Å². The number of nitrogens with zero attached hydrogens (tertiary/aromatic N) is 1. The summed E-state index contributed by atoms with van der Waals surface area (Å²) in [5, 5.41) is 2.85. The summed E-state index contributed by atoms with van der Waals surface area (Å²) in [6.07, 6.45) is 3.44. The number of benzene rings is 2. The minimum absolute atomic E-state index is 0.0114. The quantitative estimate of drug-likeness (QED) is 0.638. The van der Waals surface area contributed by atoms with Crippen LogP contribution in [0.3, 0.4) is 0 Å². The first-order chi connectivity index (χ1) is 14.0. The van der Waals surface area contributed by atoms with E-state index in [1.54, 1.807) is 31.4 Å². The number of sulfonamides is 1. The fourth-order valence-electron chi connectivity index (χ4n) is 3.49. The van der Waals surface area contributed by atoms with Crippen molar-refractivity contribution in [3.63, 3.8) is 0 Å². The molecule has 0 bridgehead atoms. The van der Waals surface area contributed by atoms with Crippen LogP contribution in [-0.2, 0) is 32.4 Å². The zero-order valence-corrected chi connectivity index (χ0v) is 17.6. The number of fused-ring (bicyclic) bond motifs is 1. The number of hydrogen-bond acceptors (Lipinski definition) is 4. The predicted molar refractivity (Wildman–Crippen MR) is 114 cm³/mol. The van der Waals surface area contributed by atoms with Crippen molar-refractivity contribution in [3.8, 4) is 0 Å². The normalized spacial score (nSPS) is 13.8. The summed E-state index contributed by atoms with van der Waals surface area (Å²) < 4.78 is 32.8. The predicted octanol–water partition coefficient (Wildman–Crippen LogP) is 2.91. The van der Waals surface area contributed by atoms with Crippen LogP contribution in [0.1, 0.15) is 30.4 Å². The number of anilines is 1. The Kier molecular flexibility index (Phi) is 7.28. The average Bonchev–Trinajstić information content (AvgIpc) is 2.75. The summed E-state index contributed by atoms with van der Waals surface area (Å²) in [4.78, 5) is 12.2. The molecule has 2 aromatic carbocycles. The summed E-state index contributed by atoms with van der Waals surface area (Å²) >= 11 is 0. The lowest BCUT2D eigenvalue weighted by Crippen LogP contribution is -2.35. The third kappa shape index (κ3) is 5.36. The first kappa shape index (κ1) is 21.3. The van der Waals surface area contributed by atoms with Gasteiger partial charge in [-0.3, -0.25) is 9.10 Å². The monoisotopic (exact) mass is 416 g/mol. The molecule has 1 aliphatic heterocycles. The standard InChI is InChI=1S/C22H28N2O4S/c1-28-17-5-15-23-22(25)14-11-18-9-12-20(13-10-18)29(26,27)24-16-4-7-19-6-2-3-8-21(19)24/h2-3,6,8-10,12-13H,4-5,7,11,14-17H2,1H3,(H,23,25). The van der Waals surface area contributed by atoms with Gasteiger partial charge < -0.3 is 10.1 Å². The lowest BCUT2D eigenvalue weighted by Gasteiger charge is -2.30. The van der Waals surface area contributed by atoms with Crippen molar-refractivity contribution in [2.75, 3.05) is 31.1 Å². The van der Waals surface area contributed by atoms with Crippen molar-refractivity contribution >= 4 is 21.6 Å². The molecule has 1 amide bonds. The van der Waals surface area contributed by atoms with Gasteiger partial charge in [0, 0.05) is 33.2 Å². The molecule has 0 saturated heterocycles. The first-order valence-electron chi connectivity index (χ1n) is 9.97. The van der Waals surface area contributed by atoms with Gasteiger partial charge in [-0.05, 0) is 55.0 Å². The maximum atomic E-state index is 13.2. The Morgan fingerprint density at radius 1 is 1.14 bits per heavy atom. The van der Waals surface area contributed by atoms with E-state index < -0.39 is 10.0 Å². The van der Waals surface area contributed by atoms with E-state index in [2.05, 4.69) is 5.32 Å². The molecule has 6 nitrogen and oxygen atoms in total. The zero-order chi connectivity index (χ0) is 20.7. The average molecular weight is 417 g/mol. The SMILES string of the molecule is COCCCNC(=O)CCc1ccc(S(=O)(=O)N2CCCc3ccccc32)cc1. The highest BCUT2D eigenvalue weighted by molar-refractivity contribution is 7.92. The molecule has 3 rings (SSSR count). The number of nitrogens with one attached hydrogen (secondary N) is 1. The zero-order valence-electron chi connectivity index (χ0n) is 16.8. The fourth-order valence-corrected chi connectivity index (χ4v) is 5.04. The molecule has 0 fully saturated rings. The van der Waals surface area contributed by atoms with Gasteiger partial charge in [0.25, 0.3) is 10.0 Å². The third-order valence-corrected chi connectivity index (χ3v) is 6.89. The molecule has 2 aromatic rings. The van der Waals surface area contributed by atoms with E-state index in [1.807, 2.05) is 24.3 Å². The molecule has 156 valence electrons. The highest BCUT2D eigenvalue weighted by atomic mass is 32.2. The first-order valence-corrected chi connectivity index (χ1v) is 11.4. The highest BCUT2D eigenvalue weighted by Gasteiger charge is 2.28. The van der Waals surface area contributed by atoms with E-state index in [4.69, 9.17) is 4.74 Å². The van der Waals surface area contributed by atoms with Crippen LogP contribution in [0.5, 0.6) is 0 Å². The van der Waals surface area contributed by atoms with E-state index >= 15 is 0 Å². The van der Waals surface area contributed by atoms with Gasteiger partial charge in [0.2, 0.25) is 5.91 Å². The summed E-state index contributed by atoms with van der Waals surface area (Å²) in [6, 6.07) is 14.5. The molecule has 0 radical (unpaired) electrons. The molecule has 0 aromatic heterocycles. The van der Waals surface area contributed by atoms with E-state index in [0.29, 0.717) is 32.5 Å². The Bertz CT molecular complexity index is 926. The van der Waals surface area contributed by atoms with Crippen LogP contribution in [0.15, 0.2) is 53.4 Å². The van der Waals surface area contributed by atoms with Crippen LogP contribution in [-0.4, -0.2) is 41.1 Å². The van der Waals surface area contributed by atoms with Gasteiger partial charge in [0.05, 0.1) is 10.6 Å². The fraction of sp³-hybridized carbons (Fsp3) is 0.409. The number of carbonyl (C=O) groups excluding carboxylic acids is 1. The molecule has 7 heteroatoms. The third-order valence-electron chi connectivity index (χ3n) is 5.07. The van der Waals surface area contributed by atoms with Gasteiger partial charge in [-0.25, -0.2) is 8.42 Å². The van der Waals surface area contributed by atoms with Crippen molar-refractivity contribution in [3.05, 3.63) is 59.7 Å². The second-order valence-corrected chi connectivity index (χ2v) is 9.01. The van der Waals surface area contributed by atoms with Crippen molar-refractivity contribution in [1.29, 1.82) is 0 Å². The second kappa shape index (κ2) is 9.89. The summed E-state index contributed by atoms with van der Waals surface area (Å²) in [7, 11) is -1.96. The van der Waals surface area contributed by atoms with Crippen molar-refractivity contribution < 1.29 is 17.9 Å². The van der Waals surface area contributed by atoms with Crippen LogP contribution >= 0.6 is 0 Å². The Morgan fingerprint density at radius 3 is 2.66 bits per heavy atom.